The molecule has 8 nitrogen and oxygen atoms in total. The molecule has 0 unspecified atom stereocenters. The van der Waals surface area contributed by atoms with E-state index in [0.717, 1.165) is 19.0 Å². The fourth-order valence-corrected chi connectivity index (χ4v) is 3.89. The second kappa shape index (κ2) is 7.91. The van der Waals surface area contributed by atoms with Gasteiger partial charge in [0, 0.05) is 44.5 Å². The third kappa shape index (κ3) is 4.94. The first kappa shape index (κ1) is 19.1. The molecule has 0 spiro atoms. The van der Waals surface area contributed by atoms with Crippen molar-refractivity contribution in [2.75, 3.05) is 38.1 Å². The molecular weight excluding hydrogens is 356 g/mol. The zero-order valence-electron chi connectivity index (χ0n) is 14.7. The number of urea groups is 1. The van der Waals surface area contributed by atoms with Gasteiger partial charge in [-0.2, -0.15) is 0 Å². The Morgan fingerprint density at radius 3 is 2.73 bits per heavy atom. The molecule has 1 atom stereocenters. The number of carbonyl (C=O) groups excluding carboxylic acids is 1. The zero-order valence-corrected chi connectivity index (χ0v) is 15.5. The van der Waals surface area contributed by atoms with E-state index in [1.165, 1.54) is 31.0 Å². The van der Waals surface area contributed by atoms with Gasteiger partial charge in [0.05, 0.1) is 4.90 Å². The van der Waals surface area contributed by atoms with E-state index in [9.17, 15) is 18.3 Å². The fourth-order valence-electron chi connectivity index (χ4n) is 3.33. The number of hydrogen-bond acceptors (Lipinski definition) is 5. The molecule has 2 aliphatic rings. The Labute approximate surface area is 154 Å². The summed E-state index contributed by atoms with van der Waals surface area (Å²) in [5, 5.41) is 17.2. The van der Waals surface area contributed by atoms with Crippen LogP contribution >= 0.6 is 0 Å². The number of anilines is 1. The number of hydrogen-bond donors (Lipinski definition) is 3. The van der Waals surface area contributed by atoms with Gasteiger partial charge in [-0.25, -0.2) is 18.4 Å². The first-order valence-electron chi connectivity index (χ1n) is 8.90. The second-order valence-electron chi connectivity index (χ2n) is 7.05. The maximum Gasteiger partial charge on any atom is 0.321 e. The Hall–Kier alpha value is -1.68. The number of aliphatic hydroxyl groups excluding tert-OH is 1. The van der Waals surface area contributed by atoms with Crippen LogP contribution in [0.4, 0.5) is 10.5 Å². The average molecular weight is 382 g/mol. The highest BCUT2D eigenvalue weighted by Crippen LogP contribution is 2.31. The number of nitrogens with zero attached hydrogens (tertiary/aromatic N) is 2. The third-order valence-corrected chi connectivity index (χ3v) is 5.87. The monoisotopic (exact) mass is 382 g/mol. The maximum absolute atomic E-state index is 12.6. The van der Waals surface area contributed by atoms with Crippen LogP contribution in [-0.4, -0.2) is 68.2 Å². The molecule has 1 aromatic carbocycles. The van der Waals surface area contributed by atoms with Crippen LogP contribution in [0, 0.1) is 5.92 Å². The normalized spacial score (nSPS) is 21.6. The standard InChI is InChI=1S/C17H26N4O4S/c18-26(24,25)16-3-1-2-14(10-16)19-17(23)21-8-7-20(11-13-4-5-13)15(12-21)6-9-22/h1-3,10,13,15,22H,4-9,11-12H2,(H,19,23)(H2,18,24,25)/t15-/m0/s1. The molecule has 26 heavy (non-hydrogen) atoms. The van der Waals surface area contributed by atoms with Crippen LogP contribution in [0.2, 0.25) is 0 Å². The molecule has 1 aliphatic carbocycles. The van der Waals surface area contributed by atoms with Gasteiger partial charge in [-0.05, 0) is 43.4 Å². The van der Waals surface area contributed by atoms with Crippen molar-refractivity contribution in [1.82, 2.24) is 9.80 Å². The molecule has 2 fully saturated rings. The van der Waals surface area contributed by atoms with E-state index >= 15 is 0 Å². The molecule has 1 heterocycles. The van der Waals surface area contributed by atoms with Gasteiger partial charge in [-0.3, -0.25) is 4.90 Å². The summed E-state index contributed by atoms with van der Waals surface area (Å²) < 4.78 is 22.9. The quantitative estimate of drug-likeness (QED) is 0.668. The van der Waals surface area contributed by atoms with Crippen LogP contribution in [0.3, 0.4) is 0 Å². The lowest BCUT2D eigenvalue weighted by atomic mass is 10.1. The number of aliphatic hydroxyl groups is 1. The molecule has 9 heteroatoms. The minimum atomic E-state index is -3.81. The smallest absolute Gasteiger partial charge is 0.321 e. The van der Waals surface area contributed by atoms with Crippen LogP contribution in [-0.2, 0) is 10.0 Å². The van der Waals surface area contributed by atoms with Gasteiger partial charge in [-0.1, -0.05) is 6.07 Å². The summed E-state index contributed by atoms with van der Waals surface area (Å²) in [4.78, 5) is 16.6. The number of amides is 2. The number of nitrogens with two attached hydrogens (primary N) is 1. The average Bonchev–Trinajstić information content (AvgIpc) is 3.40. The summed E-state index contributed by atoms with van der Waals surface area (Å²) in [5.41, 5.74) is 0.389. The molecule has 2 amide bonds. The van der Waals surface area contributed by atoms with Crippen LogP contribution in [0.1, 0.15) is 19.3 Å². The lowest BCUT2D eigenvalue weighted by molar-refractivity contribution is 0.0739. The number of benzene rings is 1. The third-order valence-electron chi connectivity index (χ3n) is 4.96. The van der Waals surface area contributed by atoms with E-state index in [4.69, 9.17) is 5.14 Å². The topological polar surface area (TPSA) is 116 Å². The summed E-state index contributed by atoms with van der Waals surface area (Å²) in [7, 11) is -3.81. The van der Waals surface area contributed by atoms with Crippen LogP contribution < -0.4 is 10.5 Å². The molecule has 0 aromatic heterocycles. The Balaban J connectivity index is 1.62. The van der Waals surface area contributed by atoms with E-state index in [1.54, 1.807) is 11.0 Å². The summed E-state index contributed by atoms with van der Waals surface area (Å²) in [6.45, 7) is 3.07. The van der Waals surface area contributed by atoms with E-state index in [-0.39, 0.29) is 23.6 Å². The van der Waals surface area contributed by atoms with Gasteiger partial charge < -0.3 is 15.3 Å². The molecular formula is C17H26N4O4S. The van der Waals surface area contributed by atoms with Crippen LogP contribution in [0.25, 0.3) is 0 Å². The number of rotatable bonds is 6. The number of carbonyl (C=O) groups is 1. The van der Waals surface area contributed by atoms with E-state index in [1.807, 2.05) is 0 Å². The SMILES string of the molecule is NS(=O)(=O)c1cccc(NC(=O)N2CCN(CC3CC3)[C@@H](CCO)C2)c1. The van der Waals surface area contributed by atoms with Crippen molar-refractivity contribution in [1.29, 1.82) is 0 Å². The predicted molar refractivity (Wildman–Crippen MR) is 98.2 cm³/mol. The zero-order chi connectivity index (χ0) is 18.7. The van der Waals surface area contributed by atoms with Crippen molar-refractivity contribution < 1.29 is 18.3 Å². The van der Waals surface area contributed by atoms with Gasteiger partial charge in [0.1, 0.15) is 0 Å². The van der Waals surface area contributed by atoms with Gasteiger partial charge in [0.25, 0.3) is 0 Å². The molecule has 0 radical (unpaired) electrons. The number of primary sulfonamides is 1. The highest BCUT2D eigenvalue weighted by Gasteiger charge is 2.33. The van der Waals surface area contributed by atoms with Crippen LogP contribution in [0.15, 0.2) is 29.2 Å². The van der Waals surface area contributed by atoms with Crippen molar-refractivity contribution in [3.63, 3.8) is 0 Å². The Kier molecular flexibility index (Phi) is 5.81. The Morgan fingerprint density at radius 1 is 1.31 bits per heavy atom. The molecule has 1 saturated heterocycles. The minimum absolute atomic E-state index is 0.0392. The Bertz CT molecular complexity index is 751. The summed E-state index contributed by atoms with van der Waals surface area (Å²) in [5.74, 6) is 0.762. The van der Waals surface area contributed by atoms with Gasteiger partial charge in [0.2, 0.25) is 10.0 Å². The molecule has 1 aliphatic heterocycles. The largest absolute Gasteiger partial charge is 0.396 e. The molecule has 3 rings (SSSR count). The summed E-state index contributed by atoms with van der Waals surface area (Å²) in [6.07, 6.45) is 3.18. The van der Waals surface area contributed by atoms with Crippen molar-refractivity contribution in [3.8, 4) is 0 Å². The molecule has 1 aromatic rings. The second-order valence-corrected chi connectivity index (χ2v) is 8.61. The van der Waals surface area contributed by atoms with Crippen molar-refractivity contribution in [3.05, 3.63) is 24.3 Å². The maximum atomic E-state index is 12.6. The number of nitrogens with one attached hydrogen (secondary N) is 1. The lowest BCUT2D eigenvalue weighted by Crippen LogP contribution is -2.56. The predicted octanol–water partition coefficient (Wildman–Crippen LogP) is 0.644. The minimum Gasteiger partial charge on any atom is -0.396 e. The van der Waals surface area contributed by atoms with E-state index in [0.29, 0.717) is 25.2 Å². The van der Waals surface area contributed by atoms with Crippen molar-refractivity contribution >= 4 is 21.7 Å². The van der Waals surface area contributed by atoms with Gasteiger partial charge >= 0.3 is 6.03 Å². The van der Waals surface area contributed by atoms with Gasteiger partial charge in [-0.15, -0.1) is 0 Å². The van der Waals surface area contributed by atoms with Crippen LogP contribution in [0.5, 0.6) is 0 Å². The van der Waals surface area contributed by atoms with E-state index in [2.05, 4.69) is 10.2 Å². The molecule has 144 valence electrons. The Morgan fingerprint density at radius 2 is 2.08 bits per heavy atom. The fraction of sp³-hybridized carbons (Fsp3) is 0.588. The number of sulfonamides is 1. The first-order valence-corrected chi connectivity index (χ1v) is 10.4. The van der Waals surface area contributed by atoms with E-state index < -0.39 is 10.0 Å². The summed E-state index contributed by atoms with van der Waals surface area (Å²) >= 11 is 0. The highest BCUT2D eigenvalue weighted by molar-refractivity contribution is 7.89. The molecule has 1 saturated carbocycles. The number of piperazine rings is 1. The van der Waals surface area contributed by atoms with Crippen molar-refractivity contribution in [2.45, 2.75) is 30.2 Å². The lowest BCUT2D eigenvalue weighted by Gasteiger charge is -2.41. The molecule has 4 N–H and O–H groups in total. The van der Waals surface area contributed by atoms with Crippen molar-refractivity contribution in [2.24, 2.45) is 11.1 Å². The van der Waals surface area contributed by atoms with Gasteiger partial charge in [0.15, 0.2) is 0 Å². The highest BCUT2D eigenvalue weighted by atomic mass is 32.2. The molecule has 0 bridgehead atoms. The summed E-state index contributed by atoms with van der Waals surface area (Å²) in [6, 6.07) is 5.78. The first-order chi connectivity index (χ1) is 12.4.